The second-order valence-corrected chi connectivity index (χ2v) is 5.14. The summed E-state index contributed by atoms with van der Waals surface area (Å²) in [5.41, 5.74) is 8.44. The highest BCUT2D eigenvalue weighted by atomic mass is 32.2. The zero-order chi connectivity index (χ0) is 12.7. The Balaban J connectivity index is 2.29. The molecule has 0 unspecified atom stereocenters. The summed E-state index contributed by atoms with van der Waals surface area (Å²) in [6.07, 6.45) is 0. The average Bonchev–Trinajstić information content (AvgIpc) is 2.89. The number of benzene rings is 1. The summed E-state index contributed by atoms with van der Waals surface area (Å²) in [5, 5.41) is 0.588. The number of Topliss-reactive ketones (excluding diaryl/α,β-unsaturated/α-hetero) is 1. The summed E-state index contributed by atoms with van der Waals surface area (Å²) >= 11 is 1.39. The van der Waals surface area contributed by atoms with E-state index < -0.39 is 0 Å². The van der Waals surface area contributed by atoms with Crippen LogP contribution in [0.5, 0.6) is 0 Å². The summed E-state index contributed by atoms with van der Waals surface area (Å²) in [5.74, 6) is 1.20. The lowest BCUT2D eigenvalue weighted by Crippen LogP contribution is -2.09. The maximum absolute atomic E-state index is 11.9. The molecule has 0 bridgehead atoms. The third-order valence-electron chi connectivity index (χ3n) is 3.08. The van der Waals surface area contributed by atoms with Gasteiger partial charge in [-0.3, -0.25) is 4.79 Å². The topological polar surface area (TPSA) is 60.9 Å². The van der Waals surface area contributed by atoms with E-state index in [-0.39, 0.29) is 5.78 Å². The van der Waals surface area contributed by atoms with Gasteiger partial charge in [0.05, 0.1) is 27.4 Å². The number of aryl methyl sites for hydroxylation is 1. The quantitative estimate of drug-likeness (QED) is 0.896. The van der Waals surface area contributed by atoms with Crippen LogP contribution in [0.3, 0.4) is 0 Å². The fraction of sp³-hybridized carbons (Fsp3) is 0.231. The summed E-state index contributed by atoms with van der Waals surface area (Å²) < 4.78 is 2.04. The minimum absolute atomic E-state index is 0.0718. The maximum Gasteiger partial charge on any atom is 0.179 e. The summed E-state index contributed by atoms with van der Waals surface area (Å²) in [4.78, 5) is 16.5. The zero-order valence-corrected chi connectivity index (χ0v) is 10.8. The zero-order valence-electron chi connectivity index (χ0n) is 10.0. The highest BCUT2D eigenvalue weighted by molar-refractivity contribution is 8.04. The molecule has 0 atom stereocenters. The van der Waals surface area contributed by atoms with Crippen LogP contribution in [-0.4, -0.2) is 21.1 Å². The summed E-state index contributed by atoms with van der Waals surface area (Å²) in [6.45, 7) is 2.81. The van der Waals surface area contributed by atoms with Crippen LogP contribution >= 0.6 is 11.8 Å². The number of hydrogen-bond donors (Lipinski definition) is 1. The van der Waals surface area contributed by atoms with Crippen molar-refractivity contribution in [1.82, 2.24) is 9.55 Å². The van der Waals surface area contributed by atoms with Crippen molar-refractivity contribution in [3.05, 3.63) is 35.1 Å². The van der Waals surface area contributed by atoms with Crippen molar-refractivity contribution >= 4 is 34.2 Å². The number of para-hydroxylation sites is 2. The van der Waals surface area contributed by atoms with Crippen molar-refractivity contribution in [2.24, 2.45) is 5.73 Å². The molecule has 1 aliphatic heterocycles. The number of carbonyl (C=O) groups is 1. The molecule has 0 spiro atoms. The van der Waals surface area contributed by atoms with Crippen molar-refractivity contribution in [3.8, 4) is 0 Å². The Bertz CT molecular complexity index is 672. The number of hydrogen-bond acceptors (Lipinski definition) is 4. The number of rotatable bonds is 2. The van der Waals surface area contributed by atoms with Gasteiger partial charge in [0.25, 0.3) is 0 Å². The van der Waals surface area contributed by atoms with Gasteiger partial charge in [0, 0.05) is 6.54 Å². The molecule has 4 nitrogen and oxygen atoms in total. The first kappa shape index (κ1) is 11.3. The number of ketones is 1. The van der Waals surface area contributed by atoms with E-state index in [9.17, 15) is 4.79 Å². The SMILES string of the molecule is CCn1c(C2=C(N)SCC2=O)nc2ccccc21. The van der Waals surface area contributed by atoms with Crippen LogP contribution in [0, 0.1) is 0 Å². The fourth-order valence-corrected chi connectivity index (χ4v) is 3.03. The van der Waals surface area contributed by atoms with Crippen LogP contribution in [0.25, 0.3) is 16.6 Å². The minimum Gasteiger partial charge on any atom is -0.393 e. The number of nitrogens with two attached hydrogens (primary N) is 1. The number of thioether (sulfide) groups is 1. The van der Waals surface area contributed by atoms with E-state index in [4.69, 9.17) is 5.73 Å². The lowest BCUT2D eigenvalue weighted by Gasteiger charge is -2.06. The lowest BCUT2D eigenvalue weighted by atomic mass is 10.2. The van der Waals surface area contributed by atoms with E-state index in [1.165, 1.54) is 11.8 Å². The summed E-state index contributed by atoms with van der Waals surface area (Å²) in [7, 11) is 0. The number of allylic oxidation sites excluding steroid dienone is 1. The van der Waals surface area contributed by atoms with E-state index in [0.717, 1.165) is 17.6 Å². The number of carbonyl (C=O) groups excluding carboxylic acids is 1. The molecular formula is C13H13N3OS. The van der Waals surface area contributed by atoms with Crippen molar-refractivity contribution < 1.29 is 4.79 Å². The molecule has 0 saturated heterocycles. The largest absolute Gasteiger partial charge is 0.393 e. The molecule has 1 aromatic heterocycles. The Morgan fingerprint density at radius 3 is 2.89 bits per heavy atom. The van der Waals surface area contributed by atoms with Gasteiger partial charge in [-0.2, -0.15) is 0 Å². The highest BCUT2D eigenvalue weighted by Gasteiger charge is 2.27. The highest BCUT2D eigenvalue weighted by Crippen LogP contribution is 2.33. The van der Waals surface area contributed by atoms with Crippen LogP contribution < -0.4 is 5.73 Å². The molecule has 1 aliphatic rings. The predicted octanol–water partition coefficient (Wildman–Crippen LogP) is 2.00. The molecule has 2 heterocycles. The molecule has 92 valence electrons. The first-order valence-electron chi connectivity index (χ1n) is 5.83. The van der Waals surface area contributed by atoms with Gasteiger partial charge in [-0.15, -0.1) is 0 Å². The lowest BCUT2D eigenvalue weighted by molar-refractivity contribution is -0.111. The van der Waals surface area contributed by atoms with Gasteiger partial charge in [0.2, 0.25) is 0 Å². The molecule has 18 heavy (non-hydrogen) atoms. The van der Waals surface area contributed by atoms with Crippen LogP contribution in [0.15, 0.2) is 29.3 Å². The van der Waals surface area contributed by atoms with E-state index in [1.54, 1.807) is 0 Å². The van der Waals surface area contributed by atoms with Crippen molar-refractivity contribution in [3.63, 3.8) is 0 Å². The number of imidazole rings is 1. The van der Waals surface area contributed by atoms with Gasteiger partial charge >= 0.3 is 0 Å². The molecule has 1 aromatic carbocycles. The number of fused-ring (bicyclic) bond motifs is 1. The molecule has 0 amide bonds. The standard InChI is InChI=1S/C13H13N3OS/c1-2-16-9-6-4-3-5-8(9)15-13(16)11-10(17)7-18-12(11)14/h3-6H,2,7,14H2,1H3. The van der Waals surface area contributed by atoms with Crippen LogP contribution in [0.4, 0.5) is 0 Å². The Morgan fingerprint density at radius 2 is 2.22 bits per heavy atom. The Hall–Kier alpha value is -1.75. The fourth-order valence-electron chi connectivity index (χ4n) is 2.25. The predicted molar refractivity (Wildman–Crippen MR) is 74.0 cm³/mol. The molecule has 2 aromatic rings. The maximum atomic E-state index is 11.9. The molecule has 5 heteroatoms. The van der Waals surface area contributed by atoms with Crippen molar-refractivity contribution in [2.45, 2.75) is 13.5 Å². The van der Waals surface area contributed by atoms with E-state index >= 15 is 0 Å². The number of aromatic nitrogens is 2. The normalized spacial score (nSPS) is 15.9. The molecule has 0 aliphatic carbocycles. The first-order chi connectivity index (χ1) is 8.72. The van der Waals surface area contributed by atoms with E-state index in [1.807, 2.05) is 35.8 Å². The molecule has 0 fully saturated rings. The Labute approximate surface area is 109 Å². The number of nitrogens with zero attached hydrogens (tertiary/aromatic N) is 2. The molecule has 0 saturated carbocycles. The molecule has 0 radical (unpaired) electrons. The average molecular weight is 259 g/mol. The third-order valence-corrected chi connectivity index (χ3v) is 4.00. The van der Waals surface area contributed by atoms with Crippen LogP contribution in [0.1, 0.15) is 12.7 Å². The van der Waals surface area contributed by atoms with E-state index in [2.05, 4.69) is 4.98 Å². The van der Waals surface area contributed by atoms with Crippen molar-refractivity contribution in [2.75, 3.05) is 5.75 Å². The van der Waals surface area contributed by atoms with Crippen molar-refractivity contribution in [1.29, 1.82) is 0 Å². The van der Waals surface area contributed by atoms with Crippen LogP contribution in [0.2, 0.25) is 0 Å². The molecule has 2 N–H and O–H groups in total. The van der Waals surface area contributed by atoms with Crippen LogP contribution in [-0.2, 0) is 11.3 Å². The van der Waals surface area contributed by atoms with Gasteiger partial charge in [-0.05, 0) is 19.1 Å². The van der Waals surface area contributed by atoms with Gasteiger partial charge in [-0.1, -0.05) is 23.9 Å². The second-order valence-electron chi connectivity index (χ2n) is 4.12. The Kier molecular flexibility index (Phi) is 2.63. The van der Waals surface area contributed by atoms with Gasteiger partial charge < -0.3 is 10.3 Å². The smallest absolute Gasteiger partial charge is 0.179 e. The third kappa shape index (κ3) is 1.54. The van der Waals surface area contributed by atoms with Gasteiger partial charge in [0.15, 0.2) is 5.78 Å². The van der Waals surface area contributed by atoms with E-state index in [0.29, 0.717) is 22.2 Å². The molecular weight excluding hydrogens is 246 g/mol. The monoisotopic (exact) mass is 259 g/mol. The van der Waals surface area contributed by atoms with Gasteiger partial charge in [0.1, 0.15) is 5.82 Å². The first-order valence-corrected chi connectivity index (χ1v) is 6.82. The Morgan fingerprint density at radius 1 is 1.44 bits per heavy atom. The second kappa shape index (κ2) is 4.17. The summed E-state index contributed by atoms with van der Waals surface area (Å²) in [6, 6.07) is 7.89. The molecule has 3 rings (SSSR count). The van der Waals surface area contributed by atoms with Gasteiger partial charge in [-0.25, -0.2) is 4.98 Å². The minimum atomic E-state index is 0.0718.